The predicted molar refractivity (Wildman–Crippen MR) is 356 cm³/mol. The highest BCUT2D eigenvalue weighted by Gasteiger charge is 2.52. The lowest BCUT2D eigenvalue weighted by Crippen LogP contribution is -2.49. The third-order valence-electron chi connectivity index (χ3n) is 15.4. The average molecular weight is 1320 g/mol. The van der Waals surface area contributed by atoms with E-state index >= 15 is 0 Å². The van der Waals surface area contributed by atoms with E-state index in [4.69, 9.17) is 24.6 Å². The van der Waals surface area contributed by atoms with E-state index in [0.717, 1.165) is 109 Å². The molecule has 0 spiro atoms. The van der Waals surface area contributed by atoms with Crippen LogP contribution in [-0.4, -0.2) is 100 Å². The highest BCUT2D eigenvalue weighted by Crippen LogP contribution is 2.36. The Hall–Kier alpha value is -6.62. The van der Waals surface area contributed by atoms with Gasteiger partial charge in [-0.15, -0.1) is 0 Å². The summed E-state index contributed by atoms with van der Waals surface area (Å²) in [6, 6.07) is 39.6. The van der Waals surface area contributed by atoms with Gasteiger partial charge >= 0.3 is 7.12 Å². The third kappa shape index (κ3) is 19.4. The number of benzene rings is 4. The quantitative estimate of drug-likeness (QED) is 0.0682. The molecular formula is C68H83BBr2N6O10. The predicted octanol–water partition coefficient (Wildman–Crippen LogP) is 8.53. The van der Waals surface area contributed by atoms with E-state index in [-0.39, 0.29) is 58.9 Å². The number of aliphatic hydroxyl groups is 4. The molecule has 0 bridgehead atoms. The Bertz CT molecular complexity index is 3570. The van der Waals surface area contributed by atoms with Gasteiger partial charge in [-0.25, -0.2) is 0 Å². The molecule has 3 aliphatic heterocycles. The highest BCUT2D eigenvalue weighted by molar-refractivity contribution is 9.10. The van der Waals surface area contributed by atoms with E-state index in [0.29, 0.717) is 5.56 Å². The van der Waals surface area contributed by atoms with Crippen LogP contribution in [0.15, 0.2) is 170 Å². The summed E-state index contributed by atoms with van der Waals surface area (Å²) in [5.74, 6) is 0. The number of pyridine rings is 4. The number of aromatic nitrogens is 4. The number of nitrogens with one attached hydrogen (secondary N) is 1. The monoisotopic (exact) mass is 1310 g/mol. The molecule has 0 atom stereocenters. The first kappa shape index (κ1) is 69.5. The summed E-state index contributed by atoms with van der Waals surface area (Å²) < 4.78 is 19.4. The number of nitrogens with zero attached hydrogens (tertiary/aromatic N) is 5. The molecule has 462 valence electrons. The molecule has 0 radical (unpaired) electrons. The Morgan fingerprint density at radius 1 is 0.494 bits per heavy atom. The largest absolute Gasteiger partial charge is 0.496 e. The van der Waals surface area contributed by atoms with Crippen LogP contribution < -0.4 is 33.0 Å². The second-order valence-corrected chi connectivity index (χ2v) is 24.7. The molecule has 5 N–H and O–H groups in total. The molecule has 8 aromatic rings. The van der Waals surface area contributed by atoms with Crippen molar-refractivity contribution in [1.82, 2.24) is 28.5 Å². The summed E-state index contributed by atoms with van der Waals surface area (Å²) in [6.45, 7) is 19.5. The maximum atomic E-state index is 11.7. The molecule has 16 nitrogen and oxygen atoms in total. The lowest BCUT2D eigenvalue weighted by molar-refractivity contribution is -0.00286. The Morgan fingerprint density at radius 3 is 1.11 bits per heavy atom. The van der Waals surface area contributed by atoms with Crippen molar-refractivity contribution in [2.24, 2.45) is 28.2 Å². The number of halogens is 2. The van der Waals surface area contributed by atoms with E-state index in [1.807, 2.05) is 140 Å². The SMILES string of the molecule is Cc1cc(-c2ccc(CBr)cc2)cn(C)c1=O.Cc1cc(-c2ccc(CN3CC(O)C3)cc2)cn(C)c1=O.Cc1cc(-c2ccc(CO)cc2)cn(C)c1=O.Cc1cc(B2OC(C)(C)C(C)(C)O2)cn(C)c1=O.OC1CNC1.OCc1ccc(Br)cc1. The maximum absolute atomic E-state index is 11.7. The van der Waals surface area contributed by atoms with Crippen LogP contribution in [0.5, 0.6) is 0 Å². The zero-order valence-corrected chi connectivity index (χ0v) is 55.1. The first-order chi connectivity index (χ1) is 41.1. The fourth-order valence-corrected chi connectivity index (χ4v) is 9.95. The van der Waals surface area contributed by atoms with Gasteiger partial charge in [0.25, 0.3) is 22.2 Å². The van der Waals surface area contributed by atoms with Crippen LogP contribution in [0.1, 0.15) is 72.2 Å². The molecule has 19 heteroatoms. The first-order valence-electron chi connectivity index (χ1n) is 28.8. The van der Waals surface area contributed by atoms with Crippen molar-refractivity contribution in [3.8, 4) is 33.4 Å². The third-order valence-corrected chi connectivity index (χ3v) is 16.6. The molecule has 0 aliphatic carbocycles. The van der Waals surface area contributed by atoms with E-state index < -0.39 is 7.12 Å². The molecule has 3 saturated heterocycles. The number of likely N-dealkylation sites (tertiary alicyclic amines) is 1. The number of aryl methyl sites for hydroxylation is 8. The summed E-state index contributed by atoms with van der Waals surface area (Å²) in [7, 11) is 6.64. The zero-order valence-electron chi connectivity index (χ0n) is 52.0. The molecule has 0 unspecified atom stereocenters. The van der Waals surface area contributed by atoms with Gasteiger partial charge in [0.2, 0.25) is 0 Å². The van der Waals surface area contributed by atoms with Crippen LogP contribution in [0.2, 0.25) is 0 Å². The average Bonchev–Trinajstić information content (AvgIpc) is 2.12. The maximum Gasteiger partial charge on any atom is 0.496 e. The molecule has 4 aromatic heterocycles. The number of aliphatic hydroxyl groups excluding tert-OH is 4. The van der Waals surface area contributed by atoms with Gasteiger partial charge in [-0.3, -0.25) is 24.1 Å². The second-order valence-electron chi connectivity index (χ2n) is 23.3. The van der Waals surface area contributed by atoms with E-state index in [1.165, 1.54) is 11.1 Å². The first-order valence-corrected chi connectivity index (χ1v) is 30.7. The van der Waals surface area contributed by atoms with Gasteiger partial charge in [0.15, 0.2) is 0 Å². The molecule has 3 aliphatic rings. The van der Waals surface area contributed by atoms with Crippen molar-refractivity contribution in [1.29, 1.82) is 0 Å². The minimum Gasteiger partial charge on any atom is -0.399 e. The molecule has 3 fully saturated rings. The molecule has 87 heavy (non-hydrogen) atoms. The van der Waals surface area contributed by atoms with Crippen LogP contribution in [0, 0.1) is 27.7 Å². The van der Waals surface area contributed by atoms with Crippen LogP contribution in [0.3, 0.4) is 0 Å². The van der Waals surface area contributed by atoms with Crippen molar-refractivity contribution in [2.45, 2.75) is 104 Å². The van der Waals surface area contributed by atoms with Crippen LogP contribution in [-0.2, 0) is 62.6 Å². The summed E-state index contributed by atoms with van der Waals surface area (Å²) in [5, 5.41) is 39.0. The Balaban J connectivity index is 0.000000173. The zero-order chi connectivity index (χ0) is 63.9. The second kappa shape index (κ2) is 31.5. The van der Waals surface area contributed by atoms with Crippen molar-refractivity contribution in [2.75, 3.05) is 26.2 Å². The van der Waals surface area contributed by atoms with Crippen LogP contribution in [0.4, 0.5) is 0 Å². The van der Waals surface area contributed by atoms with Gasteiger partial charge in [-0.2, -0.15) is 0 Å². The summed E-state index contributed by atoms with van der Waals surface area (Å²) in [5.41, 5.74) is 14.0. The van der Waals surface area contributed by atoms with E-state index in [9.17, 15) is 24.3 Å². The molecule has 11 rings (SSSR count). The minimum atomic E-state index is -0.416. The number of hydrogen-bond acceptors (Lipinski definition) is 12. The number of alkyl halides is 1. The lowest BCUT2D eigenvalue weighted by atomic mass is 9.80. The van der Waals surface area contributed by atoms with Gasteiger partial charge in [0.05, 0.1) is 36.6 Å². The molecule has 0 amide bonds. The number of β-amino-alcohol motifs (C(OH)–C–C–N with tert-alkyl or cyclic N) is 2. The number of rotatable bonds is 9. The molecular weight excluding hydrogens is 1230 g/mol. The lowest BCUT2D eigenvalue weighted by Gasteiger charge is -2.35. The Kier molecular flexibility index (Phi) is 25.2. The van der Waals surface area contributed by atoms with Gasteiger partial charge in [0, 0.05) is 118 Å². The molecule has 4 aromatic carbocycles. The van der Waals surface area contributed by atoms with E-state index in [1.54, 1.807) is 59.6 Å². The van der Waals surface area contributed by atoms with Crippen molar-refractivity contribution in [3.05, 3.63) is 237 Å². The van der Waals surface area contributed by atoms with Crippen molar-refractivity contribution >= 4 is 44.4 Å². The van der Waals surface area contributed by atoms with Gasteiger partial charge < -0.3 is 53.3 Å². The molecule has 0 saturated carbocycles. The highest BCUT2D eigenvalue weighted by atomic mass is 79.9. The normalized spacial score (nSPS) is 14.9. The van der Waals surface area contributed by atoms with Crippen LogP contribution >= 0.6 is 31.9 Å². The van der Waals surface area contributed by atoms with Crippen LogP contribution in [0.25, 0.3) is 33.4 Å². The summed E-state index contributed by atoms with van der Waals surface area (Å²) >= 11 is 6.72. The van der Waals surface area contributed by atoms with Crippen molar-refractivity contribution < 1.29 is 29.7 Å². The fourth-order valence-electron chi connectivity index (χ4n) is 9.31. The topological polar surface area (TPSA) is 203 Å². The minimum absolute atomic E-state index is 0.00951. The van der Waals surface area contributed by atoms with Gasteiger partial charge in [0.1, 0.15) is 0 Å². The summed E-state index contributed by atoms with van der Waals surface area (Å²) in [4.78, 5) is 48.8. The van der Waals surface area contributed by atoms with Gasteiger partial charge in [-0.1, -0.05) is 123 Å². The van der Waals surface area contributed by atoms with E-state index in [2.05, 4.69) is 90.6 Å². The Morgan fingerprint density at radius 2 is 0.816 bits per heavy atom. The van der Waals surface area contributed by atoms with Crippen molar-refractivity contribution in [3.63, 3.8) is 0 Å². The Labute approximate surface area is 527 Å². The smallest absolute Gasteiger partial charge is 0.399 e. The fraction of sp³-hybridized carbons (Fsp3) is 0.353. The summed E-state index contributed by atoms with van der Waals surface area (Å²) in [6.07, 6.45) is 7.14. The molecule has 7 heterocycles. The standard InChI is InChI=1S/C17H20N2O2.C14H14BrNO.C14H15NO2.C13H20BNO3.C7H7BrO.C3H7NO/c1-12-7-15(9-18(2)17(12)21)14-5-3-13(4-6-14)8-19-10-16(20)11-19;1-10-7-13(9-16(2)14(10)17)12-5-3-11(8-15)4-6-12;1-10-7-13(8-15(2)14(10)17)12-5-3-11(9-16)4-6-12;1-9-7-10(8-15(6)11(9)16)14-17-12(2,3)13(4,5)18-14;8-7-3-1-6(5-9)2-4-7;5-3-1-4-2-3/h3-7,9,16,20H,8,10-11H2,1-2H3;3-7,9H,8H2,1-2H3;3-8,16H,9H2,1-2H3;7-8H,1-6H3;1-4,9H,5H2;3-5H,1-2H2. The van der Waals surface area contributed by atoms with Gasteiger partial charge in [-0.05, 0) is 147 Å². The number of hydrogen-bond donors (Lipinski definition) is 5.